The molecular formula is C21H22BrFN2O2. The van der Waals surface area contributed by atoms with Gasteiger partial charge in [0.25, 0.3) is 5.91 Å². The predicted molar refractivity (Wildman–Crippen MR) is 106 cm³/mol. The lowest BCUT2D eigenvalue weighted by Gasteiger charge is -2.39. The Hall–Kier alpha value is -2.21. The second-order valence-electron chi connectivity index (χ2n) is 7.21. The van der Waals surface area contributed by atoms with Gasteiger partial charge in [-0.25, -0.2) is 4.39 Å². The molecule has 1 unspecified atom stereocenters. The number of hydrogen-bond acceptors (Lipinski definition) is 2. The van der Waals surface area contributed by atoms with Gasteiger partial charge in [0, 0.05) is 29.7 Å². The van der Waals surface area contributed by atoms with Gasteiger partial charge in [0.05, 0.1) is 5.41 Å². The molecule has 0 radical (unpaired) electrons. The summed E-state index contributed by atoms with van der Waals surface area (Å²) in [5.74, 6) is -0.497. The van der Waals surface area contributed by atoms with E-state index in [0.29, 0.717) is 30.6 Å². The number of nitrogens with one attached hydrogen (secondary N) is 1. The number of hydrogen-bond donors (Lipinski definition) is 1. The molecule has 2 aromatic carbocycles. The van der Waals surface area contributed by atoms with E-state index in [1.54, 1.807) is 29.2 Å². The van der Waals surface area contributed by atoms with Gasteiger partial charge in [-0.1, -0.05) is 28.1 Å². The second kappa shape index (κ2) is 8.21. The monoisotopic (exact) mass is 432 g/mol. The van der Waals surface area contributed by atoms with Crippen LogP contribution in [-0.4, -0.2) is 29.8 Å². The maximum atomic E-state index is 13.3. The van der Waals surface area contributed by atoms with E-state index in [9.17, 15) is 14.0 Å². The van der Waals surface area contributed by atoms with Crippen LogP contribution in [0.1, 0.15) is 35.7 Å². The van der Waals surface area contributed by atoms with Crippen molar-refractivity contribution in [3.8, 4) is 0 Å². The molecule has 4 nitrogen and oxygen atoms in total. The van der Waals surface area contributed by atoms with Crippen LogP contribution in [0, 0.1) is 11.2 Å². The van der Waals surface area contributed by atoms with Gasteiger partial charge in [-0.05, 0) is 61.7 Å². The Balaban J connectivity index is 1.65. The van der Waals surface area contributed by atoms with Crippen molar-refractivity contribution in [3.63, 3.8) is 0 Å². The Bertz CT molecular complexity index is 840. The van der Waals surface area contributed by atoms with E-state index < -0.39 is 5.41 Å². The summed E-state index contributed by atoms with van der Waals surface area (Å²) in [7, 11) is 0. The zero-order valence-electron chi connectivity index (χ0n) is 15.2. The minimum absolute atomic E-state index is 0.0636. The van der Waals surface area contributed by atoms with Crippen molar-refractivity contribution in [1.29, 1.82) is 0 Å². The Kier molecular flexibility index (Phi) is 5.95. The van der Waals surface area contributed by atoms with E-state index >= 15 is 0 Å². The third-order valence-corrected chi connectivity index (χ3v) is 5.49. The van der Waals surface area contributed by atoms with Gasteiger partial charge in [0.2, 0.25) is 5.91 Å². The van der Waals surface area contributed by atoms with Crippen molar-refractivity contribution in [2.24, 2.45) is 5.41 Å². The van der Waals surface area contributed by atoms with Crippen LogP contribution in [-0.2, 0) is 11.3 Å². The molecule has 2 aromatic rings. The van der Waals surface area contributed by atoms with Gasteiger partial charge in [-0.3, -0.25) is 9.59 Å². The highest BCUT2D eigenvalue weighted by molar-refractivity contribution is 9.10. The molecule has 0 aromatic heterocycles. The van der Waals surface area contributed by atoms with Gasteiger partial charge < -0.3 is 10.2 Å². The molecule has 1 N–H and O–H groups in total. The molecule has 0 saturated carbocycles. The highest BCUT2D eigenvalue weighted by Crippen LogP contribution is 2.31. The smallest absolute Gasteiger partial charge is 0.253 e. The fourth-order valence-corrected chi connectivity index (χ4v) is 3.68. The summed E-state index contributed by atoms with van der Waals surface area (Å²) in [5.41, 5.74) is 0.671. The lowest BCUT2D eigenvalue weighted by atomic mass is 9.80. The molecule has 1 fully saturated rings. The Morgan fingerprint density at radius 3 is 2.67 bits per heavy atom. The number of rotatable bonds is 4. The van der Waals surface area contributed by atoms with Crippen LogP contribution >= 0.6 is 15.9 Å². The Morgan fingerprint density at radius 1 is 1.22 bits per heavy atom. The molecule has 142 valence electrons. The first kappa shape index (κ1) is 19.5. The number of amides is 2. The normalized spacial score (nSPS) is 19.6. The molecule has 1 atom stereocenters. The van der Waals surface area contributed by atoms with Crippen LogP contribution in [0.2, 0.25) is 0 Å². The van der Waals surface area contributed by atoms with Crippen molar-refractivity contribution in [1.82, 2.24) is 10.2 Å². The number of halogens is 2. The highest BCUT2D eigenvalue weighted by atomic mass is 79.9. The summed E-state index contributed by atoms with van der Waals surface area (Å²) in [6, 6.07) is 13.4. The number of benzene rings is 2. The molecule has 3 rings (SSSR count). The van der Waals surface area contributed by atoms with Crippen LogP contribution in [0.5, 0.6) is 0 Å². The Labute approximate surface area is 166 Å². The molecule has 6 heteroatoms. The van der Waals surface area contributed by atoms with Crippen LogP contribution in [0.15, 0.2) is 53.0 Å². The van der Waals surface area contributed by atoms with Crippen molar-refractivity contribution in [2.45, 2.75) is 26.3 Å². The van der Waals surface area contributed by atoms with E-state index in [0.717, 1.165) is 10.9 Å². The molecule has 1 aliphatic heterocycles. The summed E-state index contributed by atoms with van der Waals surface area (Å²) >= 11 is 3.37. The zero-order chi connectivity index (χ0) is 19.4. The fraction of sp³-hybridized carbons (Fsp3) is 0.333. The van der Waals surface area contributed by atoms with E-state index in [1.807, 2.05) is 19.1 Å². The lowest BCUT2D eigenvalue weighted by molar-refractivity contribution is -0.132. The molecule has 0 spiro atoms. The summed E-state index contributed by atoms with van der Waals surface area (Å²) in [5, 5.41) is 2.89. The molecule has 0 aliphatic carbocycles. The summed E-state index contributed by atoms with van der Waals surface area (Å²) in [4.78, 5) is 27.3. The minimum atomic E-state index is -0.656. The van der Waals surface area contributed by atoms with Gasteiger partial charge in [0.15, 0.2) is 0 Å². The average molecular weight is 433 g/mol. The summed E-state index contributed by atoms with van der Waals surface area (Å²) in [6.07, 6.45) is 1.48. The van der Waals surface area contributed by atoms with Gasteiger partial charge >= 0.3 is 0 Å². The van der Waals surface area contributed by atoms with Crippen LogP contribution in [0.4, 0.5) is 4.39 Å². The number of nitrogens with zero attached hydrogens (tertiary/aromatic N) is 1. The first-order chi connectivity index (χ1) is 12.9. The number of carbonyl (C=O) groups is 2. The van der Waals surface area contributed by atoms with E-state index in [4.69, 9.17) is 0 Å². The molecule has 1 aliphatic rings. The van der Waals surface area contributed by atoms with E-state index in [2.05, 4.69) is 21.2 Å². The quantitative estimate of drug-likeness (QED) is 0.788. The maximum absolute atomic E-state index is 13.3. The van der Waals surface area contributed by atoms with E-state index in [-0.39, 0.29) is 24.2 Å². The average Bonchev–Trinajstić information content (AvgIpc) is 2.66. The number of likely N-dealkylation sites (tertiary alicyclic amines) is 1. The van der Waals surface area contributed by atoms with Crippen molar-refractivity contribution >= 4 is 27.7 Å². The first-order valence-electron chi connectivity index (χ1n) is 8.95. The number of piperidine rings is 1. The van der Waals surface area contributed by atoms with Crippen LogP contribution in [0.3, 0.4) is 0 Å². The van der Waals surface area contributed by atoms with Crippen LogP contribution < -0.4 is 5.32 Å². The molecule has 0 bridgehead atoms. The predicted octanol–water partition coefficient (Wildman–Crippen LogP) is 4.15. The largest absolute Gasteiger partial charge is 0.351 e. The molecule has 1 saturated heterocycles. The summed E-state index contributed by atoms with van der Waals surface area (Å²) in [6.45, 7) is 3.17. The third-order valence-electron chi connectivity index (χ3n) is 4.97. The Morgan fingerprint density at radius 2 is 1.96 bits per heavy atom. The van der Waals surface area contributed by atoms with Crippen LogP contribution in [0.25, 0.3) is 0 Å². The molecule has 1 heterocycles. The molecular weight excluding hydrogens is 411 g/mol. The lowest BCUT2D eigenvalue weighted by Crippen LogP contribution is -2.51. The fourth-order valence-electron chi connectivity index (χ4n) is 3.42. The highest BCUT2D eigenvalue weighted by Gasteiger charge is 2.39. The van der Waals surface area contributed by atoms with Gasteiger partial charge in [-0.15, -0.1) is 0 Å². The zero-order valence-corrected chi connectivity index (χ0v) is 16.8. The van der Waals surface area contributed by atoms with Crippen molar-refractivity contribution in [2.75, 3.05) is 13.1 Å². The maximum Gasteiger partial charge on any atom is 0.253 e. The summed E-state index contributed by atoms with van der Waals surface area (Å²) < 4.78 is 14.2. The molecule has 2 amide bonds. The van der Waals surface area contributed by atoms with Crippen molar-refractivity contribution in [3.05, 3.63) is 69.9 Å². The first-order valence-corrected chi connectivity index (χ1v) is 9.74. The topological polar surface area (TPSA) is 49.4 Å². The second-order valence-corrected chi connectivity index (χ2v) is 8.13. The standard InChI is InChI=1S/C21H22BrFN2O2/c1-21(20(27)24-13-15-4-2-5-18(23)12-15)10-3-11-25(14-21)19(26)16-6-8-17(22)9-7-16/h2,4-9,12H,3,10-11,13-14H2,1H3,(H,24,27). The minimum Gasteiger partial charge on any atom is -0.351 e. The SMILES string of the molecule is CC1(C(=O)NCc2cccc(F)c2)CCCN(C(=O)c2ccc(Br)cc2)C1. The number of carbonyl (C=O) groups excluding carboxylic acids is 2. The molecule has 27 heavy (non-hydrogen) atoms. The van der Waals surface area contributed by atoms with Crippen molar-refractivity contribution < 1.29 is 14.0 Å². The van der Waals surface area contributed by atoms with Gasteiger partial charge in [0.1, 0.15) is 5.82 Å². The third kappa shape index (κ3) is 4.75. The van der Waals surface area contributed by atoms with Gasteiger partial charge in [-0.2, -0.15) is 0 Å². The van der Waals surface area contributed by atoms with E-state index in [1.165, 1.54) is 12.1 Å².